The van der Waals surface area contributed by atoms with Crippen molar-refractivity contribution >= 4 is 12.2 Å². The smallest absolute Gasteiger partial charge is 0.333 e. The van der Waals surface area contributed by atoms with Gasteiger partial charge in [0.2, 0.25) is 0 Å². The predicted octanol–water partition coefficient (Wildman–Crippen LogP) is 3.72. The third kappa shape index (κ3) is 5.11. The monoisotopic (exact) mass is 404 g/mol. The molecule has 9 heteroatoms. The van der Waals surface area contributed by atoms with Crippen LogP contribution in [-0.2, 0) is 19.1 Å². The third-order valence-electron chi connectivity index (χ3n) is 4.36. The van der Waals surface area contributed by atoms with E-state index in [1.54, 1.807) is 6.07 Å². The Hall–Kier alpha value is -2.94. The SMILES string of the molecule is C=C(NC=NCCC)Nc1nc(-c2ccccc2C(F)(F)F)nc2c1CCNC2. The van der Waals surface area contributed by atoms with Gasteiger partial charge in [0, 0.05) is 24.2 Å². The minimum Gasteiger partial charge on any atom is -0.333 e. The van der Waals surface area contributed by atoms with Crippen LogP contribution in [0.3, 0.4) is 0 Å². The second-order valence-electron chi connectivity index (χ2n) is 6.57. The summed E-state index contributed by atoms with van der Waals surface area (Å²) in [7, 11) is 0. The molecule has 3 rings (SSSR count). The van der Waals surface area contributed by atoms with E-state index in [0.717, 1.165) is 24.6 Å². The average Bonchev–Trinajstić information content (AvgIpc) is 2.70. The second-order valence-corrected chi connectivity index (χ2v) is 6.57. The zero-order valence-corrected chi connectivity index (χ0v) is 16.1. The summed E-state index contributed by atoms with van der Waals surface area (Å²) in [4.78, 5) is 13.0. The topological polar surface area (TPSA) is 74.2 Å². The maximum Gasteiger partial charge on any atom is 0.417 e. The molecule has 1 aromatic carbocycles. The summed E-state index contributed by atoms with van der Waals surface area (Å²) in [5.41, 5.74) is 0.719. The number of benzene rings is 1. The van der Waals surface area contributed by atoms with E-state index < -0.39 is 11.7 Å². The van der Waals surface area contributed by atoms with Crippen LogP contribution < -0.4 is 16.0 Å². The Morgan fingerprint density at radius 1 is 1.31 bits per heavy atom. The van der Waals surface area contributed by atoms with Crippen LogP contribution in [0.5, 0.6) is 0 Å². The van der Waals surface area contributed by atoms with Crippen molar-refractivity contribution in [3.8, 4) is 11.4 Å². The molecule has 0 bridgehead atoms. The lowest BCUT2D eigenvalue weighted by Gasteiger charge is -2.22. The van der Waals surface area contributed by atoms with Crippen molar-refractivity contribution in [1.29, 1.82) is 0 Å². The van der Waals surface area contributed by atoms with Gasteiger partial charge in [0.05, 0.1) is 17.6 Å². The molecule has 3 N–H and O–H groups in total. The molecular weight excluding hydrogens is 381 g/mol. The lowest BCUT2D eigenvalue weighted by Crippen LogP contribution is -2.27. The van der Waals surface area contributed by atoms with E-state index in [1.807, 2.05) is 6.92 Å². The fourth-order valence-electron chi connectivity index (χ4n) is 3.00. The molecule has 154 valence electrons. The Kier molecular flexibility index (Phi) is 6.48. The number of aliphatic imine (C=N–C) groups is 1. The Balaban J connectivity index is 1.97. The highest BCUT2D eigenvalue weighted by Crippen LogP contribution is 2.36. The van der Waals surface area contributed by atoms with Crippen LogP contribution in [0.15, 0.2) is 41.7 Å². The maximum atomic E-state index is 13.5. The summed E-state index contributed by atoms with van der Waals surface area (Å²) in [6.45, 7) is 7.80. The minimum absolute atomic E-state index is 0.0234. The number of fused-ring (bicyclic) bond motifs is 1. The molecule has 0 amide bonds. The molecular formula is C20H23F3N6. The predicted molar refractivity (Wildman–Crippen MR) is 107 cm³/mol. The number of halogens is 3. The van der Waals surface area contributed by atoms with Gasteiger partial charge in [0.15, 0.2) is 5.82 Å². The van der Waals surface area contributed by atoms with Crippen LogP contribution in [0.2, 0.25) is 0 Å². The molecule has 0 fully saturated rings. The van der Waals surface area contributed by atoms with Crippen LogP contribution in [0.25, 0.3) is 11.4 Å². The van der Waals surface area contributed by atoms with Crippen LogP contribution in [0, 0.1) is 0 Å². The van der Waals surface area contributed by atoms with E-state index >= 15 is 0 Å². The number of rotatable bonds is 7. The molecule has 2 heterocycles. The lowest BCUT2D eigenvalue weighted by atomic mass is 10.0. The van der Waals surface area contributed by atoms with E-state index in [4.69, 9.17) is 0 Å². The van der Waals surface area contributed by atoms with Crippen molar-refractivity contribution in [2.24, 2.45) is 4.99 Å². The first-order valence-electron chi connectivity index (χ1n) is 9.38. The summed E-state index contributed by atoms with van der Waals surface area (Å²) >= 11 is 0. The van der Waals surface area contributed by atoms with Gasteiger partial charge in [-0.3, -0.25) is 4.99 Å². The summed E-state index contributed by atoms with van der Waals surface area (Å²) in [6, 6.07) is 5.32. The molecule has 29 heavy (non-hydrogen) atoms. The summed E-state index contributed by atoms with van der Waals surface area (Å²) in [5.74, 6) is 0.902. The molecule has 1 aliphatic rings. The highest BCUT2D eigenvalue weighted by Gasteiger charge is 2.34. The number of nitrogens with one attached hydrogen (secondary N) is 3. The Morgan fingerprint density at radius 3 is 2.86 bits per heavy atom. The zero-order valence-electron chi connectivity index (χ0n) is 16.1. The van der Waals surface area contributed by atoms with Crippen molar-refractivity contribution in [2.75, 3.05) is 18.4 Å². The average molecular weight is 404 g/mol. The first kappa shape index (κ1) is 20.8. The summed E-state index contributed by atoms with van der Waals surface area (Å²) in [6.07, 6.45) is -1.38. The number of nitrogens with zero attached hydrogens (tertiary/aromatic N) is 3. The molecule has 0 aliphatic carbocycles. The van der Waals surface area contributed by atoms with Gasteiger partial charge in [0.1, 0.15) is 11.6 Å². The van der Waals surface area contributed by atoms with E-state index in [1.165, 1.54) is 18.5 Å². The van der Waals surface area contributed by atoms with Crippen molar-refractivity contribution in [3.05, 3.63) is 53.5 Å². The number of aromatic nitrogens is 2. The molecule has 0 spiro atoms. The van der Waals surface area contributed by atoms with Gasteiger partial charge in [0.25, 0.3) is 0 Å². The molecule has 1 aromatic heterocycles. The molecule has 2 aromatic rings. The summed E-state index contributed by atoms with van der Waals surface area (Å²) < 4.78 is 40.4. The molecule has 0 atom stereocenters. The molecule has 0 unspecified atom stereocenters. The fourth-order valence-corrected chi connectivity index (χ4v) is 3.00. The van der Waals surface area contributed by atoms with Crippen LogP contribution in [0.1, 0.15) is 30.2 Å². The third-order valence-corrected chi connectivity index (χ3v) is 4.36. The highest BCUT2D eigenvalue weighted by molar-refractivity contribution is 5.66. The quantitative estimate of drug-likeness (QED) is 0.485. The number of alkyl halides is 3. The first-order valence-corrected chi connectivity index (χ1v) is 9.38. The van der Waals surface area contributed by atoms with Crippen LogP contribution >= 0.6 is 0 Å². The highest BCUT2D eigenvalue weighted by atomic mass is 19.4. The van der Waals surface area contributed by atoms with Crippen molar-refractivity contribution in [1.82, 2.24) is 20.6 Å². The first-order chi connectivity index (χ1) is 13.9. The van der Waals surface area contributed by atoms with Crippen molar-refractivity contribution < 1.29 is 13.2 Å². The normalized spacial score (nSPS) is 13.9. The van der Waals surface area contributed by atoms with E-state index in [2.05, 4.69) is 37.5 Å². The van der Waals surface area contributed by atoms with E-state index in [9.17, 15) is 13.2 Å². The molecule has 0 saturated heterocycles. The molecule has 1 aliphatic heterocycles. The van der Waals surface area contributed by atoms with Crippen molar-refractivity contribution in [3.63, 3.8) is 0 Å². The molecule has 0 saturated carbocycles. The largest absolute Gasteiger partial charge is 0.417 e. The maximum absolute atomic E-state index is 13.5. The zero-order chi connectivity index (χ0) is 20.9. The van der Waals surface area contributed by atoms with Gasteiger partial charge in [-0.1, -0.05) is 31.7 Å². The number of hydrogen-bond acceptors (Lipinski definition) is 5. The molecule has 6 nitrogen and oxygen atoms in total. The van der Waals surface area contributed by atoms with Gasteiger partial charge in [-0.05, 0) is 25.5 Å². The molecule has 0 radical (unpaired) electrons. The Morgan fingerprint density at radius 2 is 2.10 bits per heavy atom. The van der Waals surface area contributed by atoms with Gasteiger partial charge in [-0.2, -0.15) is 13.2 Å². The number of anilines is 1. The van der Waals surface area contributed by atoms with Gasteiger partial charge in [-0.15, -0.1) is 0 Å². The standard InChI is InChI=1S/C20H23F3N6/c1-3-9-25-12-26-13(2)27-19-15-8-10-24-11-17(15)28-18(29-19)14-6-4-5-7-16(14)20(21,22)23/h4-7,12,24H,2-3,8-11H2,1H3,(H,25,26)(H,27,28,29). The van der Waals surface area contributed by atoms with E-state index in [-0.39, 0.29) is 11.4 Å². The van der Waals surface area contributed by atoms with Gasteiger partial charge in [-0.25, -0.2) is 9.97 Å². The van der Waals surface area contributed by atoms with Crippen LogP contribution in [-0.4, -0.2) is 29.4 Å². The van der Waals surface area contributed by atoms with E-state index in [0.29, 0.717) is 36.8 Å². The Bertz CT molecular complexity index is 908. The number of hydrogen-bond donors (Lipinski definition) is 3. The minimum atomic E-state index is -4.50. The van der Waals surface area contributed by atoms with Gasteiger partial charge < -0.3 is 16.0 Å². The van der Waals surface area contributed by atoms with Crippen molar-refractivity contribution in [2.45, 2.75) is 32.5 Å². The van der Waals surface area contributed by atoms with Crippen LogP contribution in [0.4, 0.5) is 19.0 Å². The fraction of sp³-hybridized carbons (Fsp3) is 0.350. The lowest BCUT2D eigenvalue weighted by molar-refractivity contribution is -0.137. The second kappa shape index (κ2) is 9.04. The Labute approximate surface area is 167 Å². The summed E-state index contributed by atoms with van der Waals surface area (Å²) in [5, 5.41) is 9.17. The van der Waals surface area contributed by atoms with Gasteiger partial charge >= 0.3 is 6.18 Å².